The third-order valence-corrected chi connectivity index (χ3v) is 4.93. The van der Waals surface area contributed by atoms with E-state index in [1.165, 1.54) is 0 Å². The number of rotatable bonds is 5. The zero-order chi connectivity index (χ0) is 20.3. The smallest absolute Gasteiger partial charge is 0.341 e. The molecule has 0 aliphatic rings. The summed E-state index contributed by atoms with van der Waals surface area (Å²) in [6.07, 6.45) is 1.67. The highest BCUT2D eigenvalue weighted by Gasteiger charge is 2.16. The molecule has 0 unspecified atom stereocenters. The molecule has 0 saturated heterocycles. The number of esters is 1. The number of carbonyl (C=O) groups excluding carboxylic acids is 1. The third-order valence-electron chi connectivity index (χ3n) is 4.63. The van der Waals surface area contributed by atoms with E-state index in [1.807, 2.05) is 31.2 Å². The summed E-state index contributed by atoms with van der Waals surface area (Å²) in [7, 11) is 0. The van der Waals surface area contributed by atoms with Gasteiger partial charge in [0, 0.05) is 29.7 Å². The SMILES string of the molecule is CCOC(=O)c1cc(Cn2c(C)cc(-c3ccc(C#N)cc3)c2C)cnc1Cl. The Hall–Kier alpha value is -3.10. The Morgan fingerprint density at radius 2 is 1.96 bits per heavy atom. The van der Waals surface area contributed by atoms with E-state index in [4.69, 9.17) is 21.6 Å². The van der Waals surface area contributed by atoms with Crippen LogP contribution in [-0.4, -0.2) is 22.1 Å². The first-order valence-electron chi connectivity index (χ1n) is 8.93. The molecular formula is C22H20ClN3O2. The van der Waals surface area contributed by atoms with Crippen molar-refractivity contribution in [3.05, 3.63) is 75.8 Å². The molecule has 0 amide bonds. The van der Waals surface area contributed by atoms with Gasteiger partial charge >= 0.3 is 5.97 Å². The maximum atomic E-state index is 12.1. The minimum Gasteiger partial charge on any atom is -0.462 e. The lowest BCUT2D eigenvalue weighted by molar-refractivity contribution is 0.0526. The molecule has 5 nitrogen and oxygen atoms in total. The van der Waals surface area contributed by atoms with Gasteiger partial charge in [-0.05, 0) is 56.2 Å². The monoisotopic (exact) mass is 393 g/mol. The van der Waals surface area contributed by atoms with Crippen molar-refractivity contribution in [1.29, 1.82) is 5.26 Å². The summed E-state index contributed by atoms with van der Waals surface area (Å²) >= 11 is 6.06. The summed E-state index contributed by atoms with van der Waals surface area (Å²) in [4.78, 5) is 16.2. The number of aromatic nitrogens is 2. The van der Waals surface area contributed by atoms with Gasteiger partial charge in [0.15, 0.2) is 0 Å². The zero-order valence-electron chi connectivity index (χ0n) is 16.0. The van der Waals surface area contributed by atoms with Crippen LogP contribution in [0.3, 0.4) is 0 Å². The van der Waals surface area contributed by atoms with E-state index in [9.17, 15) is 4.79 Å². The Balaban J connectivity index is 1.93. The Morgan fingerprint density at radius 1 is 1.25 bits per heavy atom. The van der Waals surface area contributed by atoms with E-state index >= 15 is 0 Å². The zero-order valence-corrected chi connectivity index (χ0v) is 16.7. The molecule has 0 spiro atoms. The molecule has 142 valence electrons. The number of halogens is 1. The average molecular weight is 394 g/mol. The first-order chi connectivity index (χ1) is 13.4. The molecule has 0 bridgehead atoms. The number of ether oxygens (including phenoxy) is 1. The summed E-state index contributed by atoms with van der Waals surface area (Å²) in [6.45, 7) is 6.68. The molecule has 1 aromatic carbocycles. The van der Waals surface area contributed by atoms with Crippen molar-refractivity contribution >= 4 is 17.6 Å². The van der Waals surface area contributed by atoms with Gasteiger partial charge in [-0.2, -0.15) is 5.26 Å². The van der Waals surface area contributed by atoms with Gasteiger partial charge in [-0.15, -0.1) is 0 Å². The van der Waals surface area contributed by atoms with Crippen LogP contribution in [0.25, 0.3) is 11.1 Å². The lowest BCUT2D eigenvalue weighted by Gasteiger charge is -2.12. The molecule has 0 aliphatic carbocycles. The molecule has 2 aromatic heterocycles. The Bertz CT molecular complexity index is 1060. The first kappa shape index (κ1) is 19.7. The number of aryl methyl sites for hydroxylation is 1. The van der Waals surface area contributed by atoms with Gasteiger partial charge < -0.3 is 9.30 Å². The van der Waals surface area contributed by atoms with E-state index in [0.29, 0.717) is 12.1 Å². The molecule has 0 aliphatic heterocycles. The highest BCUT2D eigenvalue weighted by molar-refractivity contribution is 6.32. The van der Waals surface area contributed by atoms with Gasteiger partial charge in [-0.1, -0.05) is 23.7 Å². The second-order valence-corrected chi connectivity index (χ2v) is 6.82. The Morgan fingerprint density at radius 3 is 2.61 bits per heavy atom. The maximum absolute atomic E-state index is 12.1. The second kappa shape index (κ2) is 8.28. The van der Waals surface area contributed by atoms with Crippen LogP contribution >= 0.6 is 11.6 Å². The van der Waals surface area contributed by atoms with Gasteiger partial charge in [0.25, 0.3) is 0 Å². The van der Waals surface area contributed by atoms with Gasteiger partial charge in [-0.3, -0.25) is 0 Å². The van der Waals surface area contributed by atoms with E-state index in [1.54, 1.807) is 19.2 Å². The largest absolute Gasteiger partial charge is 0.462 e. The molecule has 0 saturated carbocycles. The number of hydrogen-bond donors (Lipinski definition) is 0. The summed E-state index contributed by atoms with van der Waals surface area (Å²) in [6, 6.07) is 13.5. The molecule has 2 heterocycles. The number of hydrogen-bond acceptors (Lipinski definition) is 4. The van der Waals surface area contributed by atoms with Crippen molar-refractivity contribution in [1.82, 2.24) is 9.55 Å². The van der Waals surface area contributed by atoms with Gasteiger partial charge in [-0.25, -0.2) is 9.78 Å². The van der Waals surface area contributed by atoms with Gasteiger partial charge in [0.05, 0.1) is 23.8 Å². The molecule has 0 radical (unpaired) electrons. The van der Waals surface area contributed by atoms with Crippen molar-refractivity contribution in [2.45, 2.75) is 27.3 Å². The predicted molar refractivity (Wildman–Crippen MR) is 108 cm³/mol. The molecule has 0 atom stereocenters. The molecule has 0 fully saturated rings. The lowest BCUT2D eigenvalue weighted by atomic mass is 10.0. The van der Waals surface area contributed by atoms with E-state index < -0.39 is 5.97 Å². The summed E-state index contributed by atoms with van der Waals surface area (Å²) in [5.41, 5.74) is 6.11. The Kier molecular flexibility index (Phi) is 5.81. The molecule has 0 N–H and O–H groups in total. The standard InChI is InChI=1S/C22H20ClN3O2/c1-4-28-22(27)20-10-17(12-25-21(20)23)13-26-14(2)9-19(15(26)3)18-7-5-16(11-24)6-8-18/h5-10,12H,4,13H2,1-3H3. The summed E-state index contributed by atoms with van der Waals surface area (Å²) in [5, 5.41) is 9.12. The van der Waals surface area contributed by atoms with Crippen LogP contribution < -0.4 is 0 Å². The third kappa shape index (κ3) is 3.92. The van der Waals surface area contributed by atoms with Crippen molar-refractivity contribution in [3.8, 4) is 17.2 Å². The van der Waals surface area contributed by atoms with Gasteiger partial charge in [0.2, 0.25) is 0 Å². The number of nitriles is 1. The number of nitrogens with zero attached hydrogens (tertiary/aromatic N) is 3. The van der Waals surface area contributed by atoms with E-state index in [0.717, 1.165) is 28.1 Å². The maximum Gasteiger partial charge on any atom is 0.341 e. The fourth-order valence-electron chi connectivity index (χ4n) is 3.17. The normalized spacial score (nSPS) is 10.5. The molecule has 28 heavy (non-hydrogen) atoms. The first-order valence-corrected chi connectivity index (χ1v) is 9.31. The van der Waals surface area contributed by atoms with Crippen LogP contribution in [0.1, 0.15) is 39.8 Å². The highest BCUT2D eigenvalue weighted by atomic mass is 35.5. The second-order valence-electron chi connectivity index (χ2n) is 6.46. The van der Waals surface area contributed by atoms with Gasteiger partial charge in [0.1, 0.15) is 5.15 Å². The number of carbonyl (C=O) groups is 1. The van der Waals surface area contributed by atoms with Crippen molar-refractivity contribution in [2.75, 3.05) is 6.61 Å². The fourth-order valence-corrected chi connectivity index (χ4v) is 3.35. The average Bonchev–Trinajstić information content (AvgIpc) is 2.97. The van der Waals surface area contributed by atoms with Crippen molar-refractivity contribution < 1.29 is 9.53 Å². The summed E-state index contributed by atoms with van der Waals surface area (Å²) < 4.78 is 7.21. The molecule has 6 heteroatoms. The van der Waals surface area contributed by atoms with Crippen LogP contribution in [0.2, 0.25) is 5.15 Å². The number of benzene rings is 1. The summed E-state index contributed by atoms with van der Waals surface area (Å²) in [5.74, 6) is -0.471. The molecule has 3 rings (SSSR count). The van der Waals surface area contributed by atoms with E-state index in [-0.39, 0.29) is 17.3 Å². The minimum atomic E-state index is -0.471. The van der Waals surface area contributed by atoms with Crippen LogP contribution in [0.5, 0.6) is 0 Å². The van der Waals surface area contributed by atoms with Crippen LogP contribution in [0.4, 0.5) is 0 Å². The Labute approximate surface area is 169 Å². The fraction of sp³-hybridized carbons (Fsp3) is 0.227. The van der Waals surface area contributed by atoms with Crippen molar-refractivity contribution in [2.24, 2.45) is 0 Å². The highest BCUT2D eigenvalue weighted by Crippen LogP contribution is 2.28. The van der Waals surface area contributed by atoms with Crippen molar-refractivity contribution in [3.63, 3.8) is 0 Å². The predicted octanol–water partition coefficient (Wildman–Crippen LogP) is 4.92. The quantitative estimate of drug-likeness (QED) is 0.456. The lowest BCUT2D eigenvalue weighted by Crippen LogP contribution is -2.09. The molecule has 3 aromatic rings. The van der Waals surface area contributed by atoms with Crippen LogP contribution in [-0.2, 0) is 11.3 Å². The van der Waals surface area contributed by atoms with Crippen LogP contribution in [0, 0.1) is 25.2 Å². The topological polar surface area (TPSA) is 67.9 Å². The van der Waals surface area contributed by atoms with E-state index in [2.05, 4.69) is 28.6 Å². The minimum absolute atomic E-state index is 0.140. The number of pyridine rings is 1. The molecular weight excluding hydrogens is 374 g/mol. The van der Waals surface area contributed by atoms with Crippen LogP contribution in [0.15, 0.2) is 42.6 Å².